The summed E-state index contributed by atoms with van der Waals surface area (Å²) in [5.74, 6) is -4.16. The number of carbonyl (C=O) groups excluding carboxylic acids is 1. The number of pyridine rings is 1. The van der Waals surface area contributed by atoms with Gasteiger partial charge in [0, 0.05) is 10.9 Å². The van der Waals surface area contributed by atoms with Crippen LogP contribution < -0.4 is 14.8 Å². The highest BCUT2D eigenvalue weighted by Gasteiger charge is 2.19. The van der Waals surface area contributed by atoms with Crippen LogP contribution in [0, 0.1) is 17.5 Å². The Bertz CT molecular complexity index is 1340. The third-order valence-electron chi connectivity index (χ3n) is 4.92. The van der Waals surface area contributed by atoms with Crippen molar-refractivity contribution in [3.05, 3.63) is 83.7 Å². The molecule has 162 valence electrons. The molecule has 1 amide bonds. The lowest BCUT2D eigenvalue weighted by atomic mass is 10.0. The molecule has 0 unspecified atom stereocenters. The van der Waals surface area contributed by atoms with Gasteiger partial charge in [0.1, 0.15) is 0 Å². The molecule has 1 heterocycles. The number of hydrogen-bond donors (Lipinski definition) is 1. The zero-order valence-electron chi connectivity index (χ0n) is 17.1. The number of ether oxygens (including phenoxy) is 2. The van der Waals surface area contributed by atoms with E-state index < -0.39 is 29.0 Å². The van der Waals surface area contributed by atoms with Gasteiger partial charge in [-0.05, 0) is 42.5 Å². The number of fused-ring (bicyclic) bond motifs is 1. The van der Waals surface area contributed by atoms with Gasteiger partial charge >= 0.3 is 0 Å². The van der Waals surface area contributed by atoms with E-state index in [0.29, 0.717) is 33.7 Å². The van der Waals surface area contributed by atoms with E-state index in [-0.39, 0.29) is 5.56 Å². The summed E-state index contributed by atoms with van der Waals surface area (Å²) in [6.45, 7) is 0. The van der Waals surface area contributed by atoms with Crippen molar-refractivity contribution in [1.82, 2.24) is 4.98 Å². The molecule has 0 atom stereocenters. The first kappa shape index (κ1) is 21.2. The number of nitrogens with one attached hydrogen (secondary N) is 1. The van der Waals surface area contributed by atoms with Gasteiger partial charge in [0.2, 0.25) is 0 Å². The maximum atomic E-state index is 14.1. The lowest BCUT2D eigenvalue weighted by Gasteiger charge is -2.13. The summed E-state index contributed by atoms with van der Waals surface area (Å²) in [4.78, 5) is 17.6. The van der Waals surface area contributed by atoms with Gasteiger partial charge in [-0.1, -0.05) is 18.2 Å². The number of para-hydroxylation sites is 1. The van der Waals surface area contributed by atoms with Crippen LogP contribution in [-0.2, 0) is 0 Å². The standard InChI is InChI=1S/C24H17F3N2O3/c1-31-20-10-7-13(11-21(20)32-2)19-12-15(14-5-3-4-6-17(14)28-19)24(30)29-18-9-8-16(25)22(26)23(18)27/h3-12H,1-2H3,(H,29,30). The first-order valence-corrected chi connectivity index (χ1v) is 9.50. The van der Waals surface area contributed by atoms with Crippen LogP contribution in [0.2, 0.25) is 0 Å². The molecule has 0 aliphatic heterocycles. The predicted octanol–water partition coefficient (Wildman–Crippen LogP) is 5.59. The highest BCUT2D eigenvalue weighted by Crippen LogP contribution is 2.33. The number of benzene rings is 3. The van der Waals surface area contributed by atoms with Gasteiger partial charge in [0.25, 0.3) is 5.91 Å². The molecule has 0 saturated heterocycles. The van der Waals surface area contributed by atoms with Gasteiger partial charge in [-0.15, -0.1) is 0 Å². The lowest BCUT2D eigenvalue weighted by Crippen LogP contribution is -2.15. The first-order valence-electron chi connectivity index (χ1n) is 9.50. The molecule has 0 saturated carbocycles. The molecule has 4 rings (SSSR count). The number of amides is 1. The van der Waals surface area contributed by atoms with E-state index in [4.69, 9.17) is 9.47 Å². The number of halogens is 3. The summed E-state index contributed by atoms with van der Waals surface area (Å²) in [5.41, 5.74) is 1.35. The summed E-state index contributed by atoms with van der Waals surface area (Å²) in [5, 5.41) is 2.82. The third-order valence-corrected chi connectivity index (χ3v) is 4.92. The summed E-state index contributed by atoms with van der Waals surface area (Å²) in [6.07, 6.45) is 0. The Hall–Kier alpha value is -4.07. The molecule has 3 aromatic carbocycles. The normalized spacial score (nSPS) is 10.8. The minimum absolute atomic E-state index is 0.185. The molecule has 8 heteroatoms. The van der Waals surface area contributed by atoms with E-state index in [1.165, 1.54) is 20.3 Å². The summed E-state index contributed by atoms with van der Waals surface area (Å²) < 4.78 is 51.5. The molecule has 1 N–H and O–H groups in total. The van der Waals surface area contributed by atoms with Crippen LogP contribution in [0.4, 0.5) is 18.9 Å². The Morgan fingerprint density at radius 1 is 0.875 bits per heavy atom. The van der Waals surface area contributed by atoms with Crippen molar-refractivity contribution >= 4 is 22.5 Å². The highest BCUT2D eigenvalue weighted by molar-refractivity contribution is 6.13. The Morgan fingerprint density at radius 2 is 1.62 bits per heavy atom. The zero-order valence-corrected chi connectivity index (χ0v) is 17.1. The molecule has 0 aliphatic rings. The van der Waals surface area contributed by atoms with E-state index in [1.54, 1.807) is 42.5 Å². The third kappa shape index (κ3) is 3.82. The maximum Gasteiger partial charge on any atom is 0.256 e. The van der Waals surface area contributed by atoms with E-state index in [1.807, 2.05) is 0 Å². The average molecular weight is 438 g/mol. The SMILES string of the molecule is COc1ccc(-c2cc(C(=O)Nc3ccc(F)c(F)c3F)c3ccccc3n2)cc1OC. The summed E-state index contributed by atoms with van der Waals surface area (Å²) in [7, 11) is 3.02. The molecule has 0 spiro atoms. The lowest BCUT2D eigenvalue weighted by molar-refractivity contribution is 0.102. The van der Waals surface area contributed by atoms with Gasteiger partial charge in [0.15, 0.2) is 29.0 Å². The summed E-state index contributed by atoms with van der Waals surface area (Å²) >= 11 is 0. The van der Waals surface area contributed by atoms with Crippen LogP contribution >= 0.6 is 0 Å². The van der Waals surface area contributed by atoms with E-state index in [9.17, 15) is 18.0 Å². The Kier molecular flexibility index (Phi) is 5.68. The van der Waals surface area contributed by atoms with Gasteiger partial charge in [-0.3, -0.25) is 4.79 Å². The maximum absolute atomic E-state index is 14.1. The number of rotatable bonds is 5. The van der Waals surface area contributed by atoms with Crippen LogP contribution in [-0.4, -0.2) is 25.1 Å². The van der Waals surface area contributed by atoms with Crippen LogP contribution in [0.5, 0.6) is 11.5 Å². The van der Waals surface area contributed by atoms with Crippen LogP contribution in [0.3, 0.4) is 0 Å². The van der Waals surface area contributed by atoms with Crippen LogP contribution in [0.1, 0.15) is 10.4 Å². The van der Waals surface area contributed by atoms with Crippen molar-refractivity contribution in [1.29, 1.82) is 0 Å². The van der Waals surface area contributed by atoms with Gasteiger partial charge in [0.05, 0.1) is 36.7 Å². The van der Waals surface area contributed by atoms with Crippen molar-refractivity contribution in [3.63, 3.8) is 0 Å². The number of hydrogen-bond acceptors (Lipinski definition) is 4. The number of aromatic nitrogens is 1. The monoisotopic (exact) mass is 438 g/mol. The Labute approximate surface area is 181 Å². The molecule has 5 nitrogen and oxygen atoms in total. The Balaban J connectivity index is 1.81. The molecule has 0 aliphatic carbocycles. The molecule has 0 bridgehead atoms. The average Bonchev–Trinajstić information content (AvgIpc) is 2.83. The van der Waals surface area contributed by atoms with Gasteiger partial charge in [-0.2, -0.15) is 0 Å². The van der Waals surface area contributed by atoms with Gasteiger partial charge < -0.3 is 14.8 Å². The molecule has 0 fully saturated rings. The highest BCUT2D eigenvalue weighted by atomic mass is 19.2. The molecule has 32 heavy (non-hydrogen) atoms. The number of methoxy groups -OCH3 is 2. The van der Waals surface area contributed by atoms with Crippen molar-refractivity contribution in [2.24, 2.45) is 0 Å². The smallest absolute Gasteiger partial charge is 0.256 e. The second-order valence-corrected chi connectivity index (χ2v) is 6.82. The molecular weight excluding hydrogens is 421 g/mol. The molecule has 4 aromatic rings. The van der Waals surface area contributed by atoms with Crippen molar-refractivity contribution in [3.8, 4) is 22.8 Å². The molecule has 1 aromatic heterocycles. The quantitative estimate of drug-likeness (QED) is 0.413. The number of anilines is 1. The van der Waals surface area contributed by atoms with E-state index in [0.717, 1.165) is 12.1 Å². The van der Waals surface area contributed by atoms with Crippen molar-refractivity contribution < 1.29 is 27.4 Å². The summed E-state index contributed by atoms with van der Waals surface area (Å²) in [6, 6.07) is 15.4. The molecule has 0 radical (unpaired) electrons. The number of carbonyl (C=O) groups is 1. The fourth-order valence-electron chi connectivity index (χ4n) is 3.32. The topological polar surface area (TPSA) is 60.5 Å². The van der Waals surface area contributed by atoms with Crippen LogP contribution in [0.15, 0.2) is 60.7 Å². The second kappa shape index (κ2) is 8.58. The first-order chi connectivity index (χ1) is 15.4. The van der Waals surface area contributed by atoms with Gasteiger partial charge in [-0.25, -0.2) is 18.2 Å². The van der Waals surface area contributed by atoms with Crippen LogP contribution in [0.25, 0.3) is 22.2 Å². The minimum atomic E-state index is -1.66. The fourth-order valence-corrected chi connectivity index (χ4v) is 3.32. The minimum Gasteiger partial charge on any atom is -0.493 e. The number of nitrogens with zero attached hydrogens (tertiary/aromatic N) is 1. The second-order valence-electron chi connectivity index (χ2n) is 6.82. The molecular formula is C24H17F3N2O3. The van der Waals surface area contributed by atoms with Crippen molar-refractivity contribution in [2.45, 2.75) is 0 Å². The zero-order chi connectivity index (χ0) is 22.8. The Morgan fingerprint density at radius 3 is 2.38 bits per heavy atom. The van der Waals surface area contributed by atoms with E-state index >= 15 is 0 Å². The van der Waals surface area contributed by atoms with E-state index in [2.05, 4.69) is 10.3 Å². The fraction of sp³-hybridized carbons (Fsp3) is 0.0833. The van der Waals surface area contributed by atoms with Crippen molar-refractivity contribution in [2.75, 3.05) is 19.5 Å². The largest absolute Gasteiger partial charge is 0.493 e. The predicted molar refractivity (Wildman–Crippen MR) is 115 cm³/mol.